The molecule has 3 nitrogen and oxygen atoms in total. The van der Waals surface area contributed by atoms with Crippen molar-refractivity contribution in [1.29, 1.82) is 0 Å². The maximum atomic E-state index is 10.7. The first-order valence-corrected chi connectivity index (χ1v) is 4.75. The molecule has 0 amide bonds. The van der Waals surface area contributed by atoms with Crippen LogP contribution < -0.4 is 5.46 Å². The minimum absolute atomic E-state index is 0.0704. The highest BCUT2D eigenvalue weighted by atomic mass is 32.2. The zero-order chi connectivity index (χ0) is 9.84. The molecule has 1 aromatic rings. The predicted molar refractivity (Wildman–Crippen MR) is 53.0 cm³/mol. The summed E-state index contributed by atoms with van der Waals surface area (Å²) in [5.74, 6) is -0.221. The van der Waals surface area contributed by atoms with Gasteiger partial charge in [-0.05, 0) is 5.75 Å². The van der Waals surface area contributed by atoms with E-state index in [0.29, 0.717) is 10.4 Å². The van der Waals surface area contributed by atoms with Crippen LogP contribution in [0.3, 0.4) is 0 Å². The molecule has 0 saturated carbocycles. The van der Waals surface area contributed by atoms with E-state index in [2.05, 4.69) is 4.98 Å². The number of aromatic nitrogens is 1. The van der Waals surface area contributed by atoms with Crippen LogP contribution in [0.5, 0.6) is 0 Å². The van der Waals surface area contributed by atoms with Crippen molar-refractivity contribution in [2.75, 3.05) is 5.75 Å². The van der Waals surface area contributed by atoms with E-state index in [-0.39, 0.29) is 5.69 Å². The van der Waals surface area contributed by atoms with Crippen molar-refractivity contribution in [3.8, 4) is 0 Å². The van der Waals surface area contributed by atoms with E-state index < -0.39 is 5.97 Å². The minimum atomic E-state index is -1.02. The molecule has 0 spiro atoms. The fourth-order valence-electron chi connectivity index (χ4n) is 0.886. The molecule has 1 rings (SSSR count). The second-order valence-corrected chi connectivity index (χ2v) is 3.66. The minimum Gasteiger partial charge on any atom is -0.476 e. The van der Waals surface area contributed by atoms with Gasteiger partial charge in [-0.3, -0.25) is 0 Å². The normalized spacial score (nSPS) is 9.92. The quantitative estimate of drug-likeness (QED) is 0.566. The average molecular weight is 193 g/mol. The number of carbonyl (C=O) groups is 1. The Hall–Kier alpha value is -0.965. The number of carboxylic acid groups (broad SMARTS) is 1. The first-order valence-electron chi connectivity index (χ1n) is 3.76. The third-order valence-corrected chi connectivity index (χ3v) is 2.29. The van der Waals surface area contributed by atoms with E-state index in [1.807, 2.05) is 6.92 Å². The molecular formula is C8H8BNO2S. The number of pyridine rings is 1. The van der Waals surface area contributed by atoms with Gasteiger partial charge < -0.3 is 5.11 Å². The van der Waals surface area contributed by atoms with E-state index in [1.54, 1.807) is 6.07 Å². The Morgan fingerprint density at radius 3 is 3.00 bits per heavy atom. The van der Waals surface area contributed by atoms with Crippen LogP contribution in [0.15, 0.2) is 17.2 Å². The van der Waals surface area contributed by atoms with Crippen molar-refractivity contribution in [2.24, 2.45) is 0 Å². The average Bonchev–Trinajstić information content (AvgIpc) is 2.04. The highest BCUT2D eigenvalue weighted by Crippen LogP contribution is 2.19. The summed E-state index contributed by atoms with van der Waals surface area (Å²) in [6.45, 7) is 1.94. The summed E-state index contributed by atoms with van der Waals surface area (Å²) >= 11 is 1.42. The third kappa shape index (κ3) is 2.49. The van der Waals surface area contributed by atoms with Crippen molar-refractivity contribution >= 4 is 31.0 Å². The first kappa shape index (κ1) is 10.1. The number of carboxylic acids is 1. The molecular weight excluding hydrogens is 185 g/mol. The van der Waals surface area contributed by atoms with Crippen LogP contribution in [0.1, 0.15) is 17.4 Å². The van der Waals surface area contributed by atoms with Gasteiger partial charge >= 0.3 is 5.97 Å². The summed E-state index contributed by atoms with van der Waals surface area (Å²) in [5, 5.41) is 8.77. The summed E-state index contributed by atoms with van der Waals surface area (Å²) in [6.07, 6.45) is 1.35. The molecule has 0 atom stereocenters. The molecule has 66 valence electrons. The smallest absolute Gasteiger partial charge is 0.355 e. The molecule has 0 aliphatic rings. The van der Waals surface area contributed by atoms with Gasteiger partial charge in [0.2, 0.25) is 0 Å². The Bertz CT molecular complexity index is 330. The van der Waals surface area contributed by atoms with Crippen LogP contribution in [0.4, 0.5) is 0 Å². The summed E-state index contributed by atoms with van der Waals surface area (Å²) in [4.78, 5) is 15.1. The zero-order valence-electron chi connectivity index (χ0n) is 7.15. The van der Waals surface area contributed by atoms with Crippen LogP contribution in [0.2, 0.25) is 0 Å². The second kappa shape index (κ2) is 4.32. The van der Waals surface area contributed by atoms with Gasteiger partial charge in [0.1, 0.15) is 7.85 Å². The number of aromatic carboxylic acids is 1. The molecule has 2 radical (unpaired) electrons. The SMILES string of the molecule is [B]c1cnc(C(=O)O)c(SCC)c1. The Morgan fingerprint density at radius 2 is 2.46 bits per heavy atom. The molecule has 0 aliphatic carbocycles. The summed E-state index contributed by atoms with van der Waals surface area (Å²) in [5.41, 5.74) is 0.557. The molecule has 1 N–H and O–H groups in total. The van der Waals surface area contributed by atoms with Crippen LogP contribution in [-0.2, 0) is 0 Å². The molecule has 0 saturated heterocycles. The number of hydrogen-bond acceptors (Lipinski definition) is 3. The lowest BCUT2D eigenvalue weighted by molar-refractivity contribution is 0.0686. The lowest BCUT2D eigenvalue weighted by Gasteiger charge is -2.03. The van der Waals surface area contributed by atoms with Gasteiger partial charge in [0.05, 0.1) is 0 Å². The monoisotopic (exact) mass is 193 g/mol. The van der Waals surface area contributed by atoms with Gasteiger partial charge in [-0.25, -0.2) is 9.78 Å². The van der Waals surface area contributed by atoms with E-state index in [0.717, 1.165) is 5.75 Å². The molecule has 0 aliphatic heterocycles. The third-order valence-electron chi connectivity index (χ3n) is 1.38. The largest absolute Gasteiger partial charge is 0.476 e. The highest BCUT2D eigenvalue weighted by Gasteiger charge is 2.10. The zero-order valence-corrected chi connectivity index (χ0v) is 7.97. The van der Waals surface area contributed by atoms with Crippen molar-refractivity contribution in [2.45, 2.75) is 11.8 Å². The van der Waals surface area contributed by atoms with E-state index in [1.165, 1.54) is 18.0 Å². The van der Waals surface area contributed by atoms with Gasteiger partial charge in [0, 0.05) is 11.1 Å². The summed E-state index contributed by atoms with van der Waals surface area (Å²) in [7, 11) is 5.49. The molecule has 0 unspecified atom stereocenters. The van der Waals surface area contributed by atoms with Gasteiger partial charge in [-0.15, -0.1) is 11.8 Å². The van der Waals surface area contributed by atoms with E-state index in [4.69, 9.17) is 13.0 Å². The summed E-state index contributed by atoms with van der Waals surface area (Å²) < 4.78 is 0. The number of thioether (sulfide) groups is 1. The van der Waals surface area contributed by atoms with Crippen LogP contribution >= 0.6 is 11.8 Å². The highest BCUT2D eigenvalue weighted by molar-refractivity contribution is 7.99. The van der Waals surface area contributed by atoms with Crippen molar-refractivity contribution in [3.05, 3.63) is 18.0 Å². The van der Waals surface area contributed by atoms with E-state index in [9.17, 15) is 4.79 Å². The van der Waals surface area contributed by atoms with Crippen molar-refractivity contribution < 1.29 is 9.90 Å². The molecule has 13 heavy (non-hydrogen) atoms. The fourth-order valence-corrected chi connectivity index (χ4v) is 1.69. The molecule has 5 heteroatoms. The number of hydrogen-bond donors (Lipinski definition) is 1. The maximum Gasteiger partial charge on any atom is 0.355 e. The fraction of sp³-hybridized carbons (Fsp3) is 0.250. The molecule has 0 aromatic carbocycles. The van der Waals surface area contributed by atoms with Gasteiger partial charge in [-0.2, -0.15) is 0 Å². The van der Waals surface area contributed by atoms with Crippen molar-refractivity contribution in [1.82, 2.24) is 4.98 Å². The van der Waals surface area contributed by atoms with Crippen LogP contribution in [0.25, 0.3) is 0 Å². The standard InChI is InChI=1S/C8H8BNO2S/c1-2-13-6-3-5(9)4-10-7(6)8(11)12/h3-4H,2H2,1H3,(H,11,12). The lowest BCUT2D eigenvalue weighted by Crippen LogP contribution is -2.10. The Morgan fingerprint density at radius 1 is 1.77 bits per heavy atom. The molecule has 1 aromatic heterocycles. The first-order chi connectivity index (χ1) is 6.15. The topological polar surface area (TPSA) is 50.2 Å². The molecule has 0 bridgehead atoms. The second-order valence-electron chi connectivity index (χ2n) is 2.35. The Labute approximate surface area is 82.0 Å². The van der Waals surface area contributed by atoms with Crippen LogP contribution in [-0.4, -0.2) is 29.7 Å². The van der Waals surface area contributed by atoms with Crippen molar-refractivity contribution in [3.63, 3.8) is 0 Å². The van der Waals surface area contributed by atoms with Gasteiger partial charge in [0.25, 0.3) is 0 Å². The number of rotatable bonds is 3. The Balaban J connectivity index is 3.10. The van der Waals surface area contributed by atoms with Gasteiger partial charge in [0.15, 0.2) is 5.69 Å². The van der Waals surface area contributed by atoms with E-state index >= 15 is 0 Å². The predicted octanol–water partition coefficient (Wildman–Crippen LogP) is 0.686. The van der Waals surface area contributed by atoms with Gasteiger partial charge in [-0.1, -0.05) is 18.5 Å². The Kier molecular flexibility index (Phi) is 3.36. The number of nitrogens with zero attached hydrogens (tertiary/aromatic N) is 1. The molecule has 0 fully saturated rings. The summed E-state index contributed by atoms with van der Waals surface area (Å²) in [6, 6.07) is 1.63. The lowest BCUT2D eigenvalue weighted by atomic mass is 9.99. The maximum absolute atomic E-state index is 10.7. The van der Waals surface area contributed by atoms with Crippen LogP contribution in [0, 0.1) is 0 Å². The molecule has 1 heterocycles.